The van der Waals surface area contributed by atoms with Crippen LogP contribution in [0.25, 0.3) is 0 Å². The van der Waals surface area contributed by atoms with Crippen LogP contribution in [0.3, 0.4) is 0 Å². The maximum Gasteiger partial charge on any atom is 0.416 e. The summed E-state index contributed by atoms with van der Waals surface area (Å²) in [6, 6.07) is 9.16. The van der Waals surface area contributed by atoms with Crippen LogP contribution in [-0.2, 0) is 15.8 Å². The van der Waals surface area contributed by atoms with Gasteiger partial charge in [-0.2, -0.15) is 13.2 Å². The monoisotopic (exact) mass is 411 g/mol. The first-order valence-electron chi connectivity index (χ1n) is 8.02. The molecule has 0 radical (unpaired) electrons. The standard InChI is InChI=1S/C18H13ClF3N3O3/c19-11-4-6-13(7-5-11)25-16(27)14(9-23-17(25)28)15(26)24-12-3-1-2-10(8-12)18(20,21)22/h1-8,14H,9H2,(H,23,28)(H,24,26). The molecule has 0 saturated carbocycles. The number of nitrogens with zero attached hydrogens (tertiary/aromatic N) is 1. The number of imide groups is 1. The second-order valence-electron chi connectivity index (χ2n) is 5.96. The average Bonchev–Trinajstić information content (AvgIpc) is 2.63. The first-order valence-corrected chi connectivity index (χ1v) is 8.40. The van der Waals surface area contributed by atoms with Gasteiger partial charge in [-0.05, 0) is 42.5 Å². The van der Waals surface area contributed by atoms with E-state index in [1.807, 2.05) is 0 Å². The molecule has 0 bridgehead atoms. The molecule has 3 rings (SSSR count). The van der Waals surface area contributed by atoms with Gasteiger partial charge in [0.25, 0.3) is 0 Å². The summed E-state index contributed by atoms with van der Waals surface area (Å²) in [5, 5.41) is 5.11. The highest BCUT2D eigenvalue weighted by Gasteiger charge is 2.39. The Morgan fingerprint density at radius 1 is 1.14 bits per heavy atom. The van der Waals surface area contributed by atoms with Gasteiger partial charge in [0, 0.05) is 17.3 Å². The minimum absolute atomic E-state index is 0.109. The molecule has 1 unspecified atom stereocenters. The van der Waals surface area contributed by atoms with Gasteiger partial charge in [0.1, 0.15) is 5.92 Å². The van der Waals surface area contributed by atoms with E-state index in [2.05, 4.69) is 10.6 Å². The summed E-state index contributed by atoms with van der Waals surface area (Å²) in [6.07, 6.45) is -4.57. The van der Waals surface area contributed by atoms with Crippen LogP contribution in [0.5, 0.6) is 0 Å². The molecular formula is C18H13ClF3N3O3. The number of urea groups is 1. The van der Waals surface area contributed by atoms with E-state index in [1.54, 1.807) is 0 Å². The molecule has 4 amide bonds. The van der Waals surface area contributed by atoms with Gasteiger partial charge in [-0.15, -0.1) is 0 Å². The second-order valence-corrected chi connectivity index (χ2v) is 6.39. The Morgan fingerprint density at radius 3 is 2.46 bits per heavy atom. The second kappa shape index (κ2) is 7.51. The number of carbonyl (C=O) groups is 3. The number of benzene rings is 2. The number of nitrogens with one attached hydrogen (secondary N) is 2. The Kier molecular flexibility index (Phi) is 5.28. The van der Waals surface area contributed by atoms with E-state index in [0.29, 0.717) is 5.02 Å². The lowest BCUT2D eigenvalue weighted by atomic mass is 10.0. The maximum atomic E-state index is 12.8. The Bertz CT molecular complexity index is 932. The molecular weight excluding hydrogens is 399 g/mol. The molecule has 2 aromatic carbocycles. The lowest BCUT2D eigenvalue weighted by molar-refractivity contribution is -0.137. The number of rotatable bonds is 3. The minimum Gasteiger partial charge on any atom is -0.336 e. The highest BCUT2D eigenvalue weighted by Crippen LogP contribution is 2.31. The third-order valence-corrected chi connectivity index (χ3v) is 4.29. The Labute approximate surface area is 162 Å². The van der Waals surface area contributed by atoms with Gasteiger partial charge in [0.2, 0.25) is 11.8 Å². The van der Waals surface area contributed by atoms with Gasteiger partial charge < -0.3 is 10.6 Å². The van der Waals surface area contributed by atoms with E-state index in [1.165, 1.54) is 30.3 Å². The Balaban J connectivity index is 1.79. The highest BCUT2D eigenvalue weighted by atomic mass is 35.5. The fraction of sp³-hybridized carbons (Fsp3) is 0.167. The SMILES string of the molecule is O=C(Nc1cccc(C(F)(F)F)c1)C1CNC(=O)N(c2ccc(Cl)cc2)C1=O. The molecule has 1 heterocycles. The van der Waals surface area contributed by atoms with Crippen LogP contribution in [0.15, 0.2) is 48.5 Å². The van der Waals surface area contributed by atoms with Crippen molar-refractivity contribution in [2.24, 2.45) is 5.92 Å². The summed E-state index contributed by atoms with van der Waals surface area (Å²) in [5.41, 5.74) is -0.831. The number of amides is 4. The van der Waals surface area contributed by atoms with Crippen molar-refractivity contribution >= 4 is 40.8 Å². The molecule has 146 valence electrons. The molecule has 0 spiro atoms. The predicted octanol–water partition coefficient (Wildman–Crippen LogP) is 3.67. The largest absolute Gasteiger partial charge is 0.416 e. The molecule has 28 heavy (non-hydrogen) atoms. The van der Waals surface area contributed by atoms with Gasteiger partial charge in [-0.3, -0.25) is 9.59 Å². The Morgan fingerprint density at radius 2 is 1.82 bits per heavy atom. The molecule has 1 saturated heterocycles. The van der Waals surface area contributed by atoms with E-state index in [-0.39, 0.29) is 17.9 Å². The van der Waals surface area contributed by atoms with E-state index in [4.69, 9.17) is 11.6 Å². The quantitative estimate of drug-likeness (QED) is 0.756. The van der Waals surface area contributed by atoms with Crippen LogP contribution < -0.4 is 15.5 Å². The van der Waals surface area contributed by atoms with E-state index in [9.17, 15) is 27.6 Å². The lowest BCUT2D eigenvalue weighted by Gasteiger charge is -2.30. The van der Waals surface area contributed by atoms with Gasteiger partial charge >= 0.3 is 12.2 Å². The first-order chi connectivity index (χ1) is 13.2. The number of alkyl halides is 3. The van der Waals surface area contributed by atoms with Crippen LogP contribution in [-0.4, -0.2) is 24.4 Å². The fourth-order valence-corrected chi connectivity index (χ4v) is 2.78. The topological polar surface area (TPSA) is 78.5 Å². The normalized spacial score (nSPS) is 17.3. The number of carbonyl (C=O) groups excluding carboxylic acids is 3. The molecule has 2 N–H and O–H groups in total. The molecule has 1 fully saturated rings. The van der Waals surface area contributed by atoms with Crippen LogP contribution in [0.4, 0.5) is 29.3 Å². The van der Waals surface area contributed by atoms with Crippen molar-refractivity contribution in [3.05, 3.63) is 59.1 Å². The zero-order chi connectivity index (χ0) is 20.5. The predicted molar refractivity (Wildman–Crippen MR) is 95.9 cm³/mol. The van der Waals surface area contributed by atoms with Crippen LogP contribution in [0, 0.1) is 5.92 Å². The van der Waals surface area contributed by atoms with Gasteiger partial charge in [0.05, 0.1) is 11.3 Å². The van der Waals surface area contributed by atoms with Crippen molar-refractivity contribution in [2.45, 2.75) is 6.18 Å². The molecule has 0 aliphatic carbocycles. The zero-order valence-electron chi connectivity index (χ0n) is 14.1. The van der Waals surface area contributed by atoms with Crippen LogP contribution >= 0.6 is 11.6 Å². The smallest absolute Gasteiger partial charge is 0.336 e. The molecule has 6 nitrogen and oxygen atoms in total. The third-order valence-electron chi connectivity index (χ3n) is 4.04. The van der Waals surface area contributed by atoms with Gasteiger partial charge in [-0.25, -0.2) is 9.69 Å². The van der Waals surface area contributed by atoms with Crippen LogP contribution in [0.1, 0.15) is 5.56 Å². The van der Waals surface area contributed by atoms with Crippen molar-refractivity contribution in [3.63, 3.8) is 0 Å². The highest BCUT2D eigenvalue weighted by molar-refractivity contribution is 6.30. The minimum atomic E-state index is -4.57. The molecule has 1 aliphatic rings. The van der Waals surface area contributed by atoms with E-state index < -0.39 is 35.5 Å². The summed E-state index contributed by atoms with van der Waals surface area (Å²) in [6.45, 7) is -0.271. The summed E-state index contributed by atoms with van der Waals surface area (Å²) < 4.78 is 38.4. The van der Waals surface area contributed by atoms with Crippen LogP contribution in [0.2, 0.25) is 5.02 Å². The first kappa shape index (κ1) is 19.7. The lowest BCUT2D eigenvalue weighted by Crippen LogP contribution is -2.58. The number of anilines is 2. The summed E-state index contributed by atoms with van der Waals surface area (Å²) in [4.78, 5) is 38.0. The van der Waals surface area contributed by atoms with Crippen molar-refractivity contribution in [2.75, 3.05) is 16.8 Å². The van der Waals surface area contributed by atoms with E-state index >= 15 is 0 Å². The molecule has 1 atom stereocenters. The van der Waals surface area contributed by atoms with Gasteiger partial charge in [-0.1, -0.05) is 17.7 Å². The third kappa shape index (κ3) is 4.09. The van der Waals surface area contributed by atoms with Crippen molar-refractivity contribution in [1.82, 2.24) is 5.32 Å². The average molecular weight is 412 g/mol. The van der Waals surface area contributed by atoms with Gasteiger partial charge in [0.15, 0.2) is 0 Å². The fourth-order valence-electron chi connectivity index (χ4n) is 2.65. The number of hydrogen-bond acceptors (Lipinski definition) is 3. The molecule has 0 aromatic heterocycles. The molecule has 10 heteroatoms. The number of hydrogen-bond donors (Lipinski definition) is 2. The number of halogens is 4. The van der Waals surface area contributed by atoms with Crippen molar-refractivity contribution in [1.29, 1.82) is 0 Å². The summed E-state index contributed by atoms with van der Waals surface area (Å²) in [7, 11) is 0. The zero-order valence-corrected chi connectivity index (χ0v) is 14.8. The summed E-state index contributed by atoms with van der Waals surface area (Å²) in [5.74, 6) is -2.93. The Hall–Kier alpha value is -3.07. The van der Waals surface area contributed by atoms with Crippen molar-refractivity contribution < 1.29 is 27.6 Å². The summed E-state index contributed by atoms with van der Waals surface area (Å²) >= 11 is 5.79. The molecule has 1 aliphatic heterocycles. The van der Waals surface area contributed by atoms with E-state index in [0.717, 1.165) is 23.1 Å². The maximum absolute atomic E-state index is 12.8. The van der Waals surface area contributed by atoms with Crippen molar-refractivity contribution in [3.8, 4) is 0 Å². The molecule has 2 aromatic rings.